The maximum absolute atomic E-state index is 13.0. The van der Waals surface area contributed by atoms with Crippen LogP contribution in [0.2, 0.25) is 0 Å². The second-order valence-corrected chi connectivity index (χ2v) is 4.88. The van der Waals surface area contributed by atoms with E-state index in [4.69, 9.17) is 5.11 Å². The number of hydrogen-bond donors (Lipinski definition) is 2. The van der Waals surface area contributed by atoms with Gasteiger partial charge in [-0.1, -0.05) is 15.9 Å². The van der Waals surface area contributed by atoms with Crippen LogP contribution in [0.3, 0.4) is 0 Å². The van der Waals surface area contributed by atoms with Crippen LogP contribution in [0.25, 0.3) is 0 Å². The summed E-state index contributed by atoms with van der Waals surface area (Å²) in [6, 6.07) is 4.63. The van der Waals surface area contributed by atoms with Crippen LogP contribution < -0.4 is 5.32 Å². The number of aliphatic hydroxyl groups excluding tert-OH is 1. The van der Waals surface area contributed by atoms with Gasteiger partial charge in [0.2, 0.25) is 0 Å². The van der Waals surface area contributed by atoms with E-state index in [2.05, 4.69) is 21.2 Å². The highest BCUT2D eigenvalue weighted by Gasteiger charge is 2.41. The first-order valence-corrected chi connectivity index (χ1v) is 5.74. The molecule has 0 heterocycles. The van der Waals surface area contributed by atoms with Gasteiger partial charge in [-0.3, -0.25) is 0 Å². The molecule has 1 aromatic rings. The molecule has 1 aliphatic rings. The van der Waals surface area contributed by atoms with Crippen molar-refractivity contribution in [2.45, 2.75) is 24.9 Å². The number of rotatable bonds is 4. The number of benzene rings is 1. The molecule has 0 aliphatic heterocycles. The van der Waals surface area contributed by atoms with E-state index >= 15 is 0 Å². The molecule has 2 nitrogen and oxygen atoms in total. The van der Waals surface area contributed by atoms with Crippen molar-refractivity contribution < 1.29 is 9.50 Å². The van der Waals surface area contributed by atoms with E-state index in [1.165, 1.54) is 12.1 Å². The molecule has 0 bridgehead atoms. The minimum absolute atomic E-state index is 0.105. The van der Waals surface area contributed by atoms with E-state index < -0.39 is 0 Å². The minimum atomic E-state index is -0.233. The molecular weight excluding hydrogens is 261 g/mol. The Bertz CT molecular complexity index is 366. The van der Waals surface area contributed by atoms with Gasteiger partial charge >= 0.3 is 0 Å². The topological polar surface area (TPSA) is 32.3 Å². The highest BCUT2D eigenvalue weighted by atomic mass is 79.9. The second kappa shape index (κ2) is 4.20. The van der Waals surface area contributed by atoms with Crippen molar-refractivity contribution in [1.29, 1.82) is 0 Å². The van der Waals surface area contributed by atoms with Gasteiger partial charge in [0.1, 0.15) is 5.82 Å². The van der Waals surface area contributed by atoms with Crippen LogP contribution in [0.15, 0.2) is 22.7 Å². The van der Waals surface area contributed by atoms with Crippen LogP contribution in [0, 0.1) is 5.82 Å². The third kappa shape index (κ3) is 2.56. The summed E-state index contributed by atoms with van der Waals surface area (Å²) in [5.41, 5.74) is 0.779. The smallest absolute Gasteiger partial charge is 0.123 e. The molecule has 0 amide bonds. The van der Waals surface area contributed by atoms with Gasteiger partial charge in [-0.15, -0.1) is 0 Å². The molecule has 82 valence electrons. The van der Waals surface area contributed by atoms with E-state index in [0.717, 1.165) is 22.9 Å². The zero-order chi connectivity index (χ0) is 10.9. The van der Waals surface area contributed by atoms with Crippen LogP contribution in [0.4, 0.5) is 4.39 Å². The van der Waals surface area contributed by atoms with Crippen molar-refractivity contribution in [3.05, 3.63) is 34.1 Å². The summed E-state index contributed by atoms with van der Waals surface area (Å²) in [6.07, 6.45) is 1.99. The predicted molar refractivity (Wildman–Crippen MR) is 60.0 cm³/mol. The molecule has 15 heavy (non-hydrogen) atoms. The molecule has 0 aromatic heterocycles. The van der Waals surface area contributed by atoms with Crippen LogP contribution in [-0.2, 0) is 6.54 Å². The summed E-state index contributed by atoms with van der Waals surface area (Å²) >= 11 is 3.37. The fourth-order valence-corrected chi connectivity index (χ4v) is 1.89. The third-order valence-electron chi connectivity index (χ3n) is 2.82. The Hall–Kier alpha value is -0.450. The second-order valence-electron chi connectivity index (χ2n) is 4.03. The zero-order valence-electron chi connectivity index (χ0n) is 8.26. The van der Waals surface area contributed by atoms with Crippen LogP contribution in [0.1, 0.15) is 18.4 Å². The molecule has 0 radical (unpaired) electrons. The average Bonchev–Trinajstić information content (AvgIpc) is 3.00. The van der Waals surface area contributed by atoms with Gasteiger partial charge in [0, 0.05) is 16.6 Å². The SMILES string of the molecule is OCC1(NCc2cc(F)ccc2Br)CC1. The van der Waals surface area contributed by atoms with E-state index in [9.17, 15) is 4.39 Å². The average molecular weight is 274 g/mol. The van der Waals surface area contributed by atoms with Gasteiger partial charge in [0.05, 0.1) is 6.61 Å². The summed E-state index contributed by atoms with van der Waals surface area (Å²) in [5.74, 6) is -0.233. The largest absolute Gasteiger partial charge is 0.394 e. The third-order valence-corrected chi connectivity index (χ3v) is 3.59. The summed E-state index contributed by atoms with van der Waals surface area (Å²) in [7, 11) is 0. The van der Waals surface area contributed by atoms with Crippen LogP contribution in [0.5, 0.6) is 0 Å². The molecule has 1 saturated carbocycles. The number of halogens is 2. The molecular formula is C11H13BrFNO. The molecule has 0 unspecified atom stereocenters. The van der Waals surface area contributed by atoms with Crippen molar-refractivity contribution in [2.24, 2.45) is 0 Å². The van der Waals surface area contributed by atoms with Crippen LogP contribution >= 0.6 is 15.9 Å². The van der Waals surface area contributed by atoms with Crippen molar-refractivity contribution in [3.8, 4) is 0 Å². The quantitative estimate of drug-likeness (QED) is 0.882. The molecule has 0 spiro atoms. The maximum atomic E-state index is 13.0. The Labute approximate surface area is 96.6 Å². The normalized spacial score (nSPS) is 17.8. The number of hydrogen-bond acceptors (Lipinski definition) is 2. The van der Waals surface area contributed by atoms with Gasteiger partial charge < -0.3 is 10.4 Å². The molecule has 1 aliphatic carbocycles. The number of aliphatic hydroxyl groups is 1. The maximum Gasteiger partial charge on any atom is 0.123 e. The first-order chi connectivity index (χ1) is 7.15. The zero-order valence-corrected chi connectivity index (χ0v) is 9.85. The van der Waals surface area contributed by atoms with Gasteiger partial charge in [0.25, 0.3) is 0 Å². The van der Waals surface area contributed by atoms with Crippen molar-refractivity contribution in [3.63, 3.8) is 0 Å². The minimum Gasteiger partial charge on any atom is -0.394 e. The lowest BCUT2D eigenvalue weighted by atomic mass is 10.2. The lowest BCUT2D eigenvalue weighted by Crippen LogP contribution is -2.34. The lowest BCUT2D eigenvalue weighted by molar-refractivity contribution is 0.229. The Morgan fingerprint density at radius 3 is 2.80 bits per heavy atom. The van der Waals surface area contributed by atoms with E-state index in [-0.39, 0.29) is 18.0 Å². The summed E-state index contributed by atoms with van der Waals surface area (Å²) < 4.78 is 13.9. The van der Waals surface area contributed by atoms with E-state index in [1.807, 2.05) is 0 Å². The Balaban J connectivity index is 2.01. The van der Waals surface area contributed by atoms with Crippen LogP contribution in [-0.4, -0.2) is 17.3 Å². The lowest BCUT2D eigenvalue weighted by Gasteiger charge is -2.14. The first kappa shape index (κ1) is 11.0. The van der Waals surface area contributed by atoms with Crippen molar-refractivity contribution in [1.82, 2.24) is 5.32 Å². The summed E-state index contributed by atoms with van der Waals surface area (Å²) in [4.78, 5) is 0. The molecule has 0 saturated heterocycles. The van der Waals surface area contributed by atoms with Gasteiger partial charge in [-0.05, 0) is 36.6 Å². The monoisotopic (exact) mass is 273 g/mol. The fraction of sp³-hybridized carbons (Fsp3) is 0.455. The fourth-order valence-electron chi connectivity index (χ4n) is 1.50. The molecule has 4 heteroatoms. The highest BCUT2D eigenvalue weighted by Crippen LogP contribution is 2.35. The molecule has 1 aromatic carbocycles. The van der Waals surface area contributed by atoms with Crippen molar-refractivity contribution >= 4 is 15.9 Å². The van der Waals surface area contributed by atoms with Gasteiger partial charge in [-0.2, -0.15) is 0 Å². The predicted octanol–water partition coefficient (Wildman–Crippen LogP) is 2.20. The van der Waals surface area contributed by atoms with E-state index in [1.54, 1.807) is 6.07 Å². The van der Waals surface area contributed by atoms with Gasteiger partial charge in [0.15, 0.2) is 0 Å². The summed E-state index contributed by atoms with van der Waals surface area (Å²) in [6.45, 7) is 0.735. The molecule has 1 fully saturated rings. The molecule has 2 N–H and O–H groups in total. The Morgan fingerprint density at radius 1 is 1.47 bits per heavy atom. The van der Waals surface area contributed by atoms with Gasteiger partial charge in [-0.25, -0.2) is 4.39 Å². The molecule has 2 rings (SSSR count). The number of nitrogens with one attached hydrogen (secondary N) is 1. The van der Waals surface area contributed by atoms with Crippen molar-refractivity contribution in [2.75, 3.05) is 6.61 Å². The first-order valence-electron chi connectivity index (χ1n) is 4.95. The molecule has 0 atom stereocenters. The van der Waals surface area contributed by atoms with E-state index in [0.29, 0.717) is 6.54 Å². The Kier molecular flexibility index (Phi) is 3.09. The standard InChI is InChI=1S/C11H13BrFNO/c12-10-2-1-9(13)5-8(10)6-14-11(7-15)3-4-11/h1-2,5,14-15H,3-4,6-7H2. The summed E-state index contributed by atoms with van der Waals surface area (Å²) in [5, 5.41) is 12.4. The Morgan fingerprint density at radius 2 is 2.20 bits per heavy atom. The highest BCUT2D eigenvalue weighted by molar-refractivity contribution is 9.10.